The van der Waals surface area contributed by atoms with Crippen LogP contribution in [-0.4, -0.2) is 25.2 Å². The number of esters is 2. The Balaban J connectivity index is 2.35. The average molecular weight is 419 g/mol. The first-order valence-corrected chi connectivity index (χ1v) is 11.9. The molecular formula is C26H42O4. The molecule has 0 aromatic heterocycles. The van der Waals surface area contributed by atoms with Gasteiger partial charge in [-0.2, -0.15) is 0 Å². The Kier molecular flexibility index (Phi) is 13.9. The first-order chi connectivity index (χ1) is 14.5. The predicted molar refractivity (Wildman–Crippen MR) is 123 cm³/mol. The maximum Gasteiger partial charge on any atom is 0.338 e. The molecule has 1 aromatic carbocycles. The van der Waals surface area contributed by atoms with Crippen LogP contribution in [0.4, 0.5) is 0 Å². The van der Waals surface area contributed by atoms with Gasteiger partial charge in [-0.1, -0.05) is 85.1 Å². The normalized spacial score (nSPS) is 12.0. The number of unbranched alkanes of at least 4 members (excludes halogenated alkanes) is 5. The summed E-state index contributed by atoms with van der Waals surface area (Å²) in [4.78, 5) is 24.7. The molecule has 1 rings (SSSR count). The Labute approximate surface area is 183 Å². The van der Waals surface area contributed by atoms with Crippen LogP contribution in [-0.2, 0) is 9.47 Å². The van der Waals surface area contributed by atoms with Crippen LogP contribution in [0.2, 0.25) is 0 Å². The van der Waals surface area contributed by atoms with Gasteiger partial charge in [0.15, 0.2) is 0 Å². The van der Waals surface area contributed by atoms with E-state index in [1.165, 1.54) is 25.7 Å². The third-order valence-electron chi connectivity index (χ3n) is 5.49. The standard InChI is InChI=1S/C26H42O4/c1-5-7-15-22(6-2)20-30-26(28)24-17-13-16-23(19-24)25(27)29-18-12-10-8-9-11-14-21(3)4/h13,16-17,19,21-22H,5-12,14-15,18,20H2,1-4H3. The number of hydrogen-bond acceptors (Lipinski definition) is 4. The molecule has 30 heavy (non-hydrogen) atoms. The molecule has 0 heterocycles. The number of carbonyl (C=O) groups is 2. The van der Waals surface area contributed by atoms with Crippen molar-refractivity contribution in [2.24, 2.45) is 11.8 Å². The lowest BCUT2D eigenvalue weighted by atomic mass is 10.0. The highest BCUT2D eigenvalue weighted by Gasteiger charge is 2.14. The lowest BCUT2D eigenvalue weighted by Gasteiger charge is -2.14. The fourth-order valence-electron chi connectivity index (χ4n) is 3.38. The van der Waals surface area contributed by atoms with Gasteiger partial charge in [-0.05, 0) is 42.9 Å². The molecule has 1 aromatic rings. The summed E-state index contributed by atoms with van der Waals surface area (Å²) in [5.74, 6) is 0.417. The summed E-state index contributed by atoms with van der Waals surface area (Å²) < 4.78 is 10.9. The minimum atomic E-state index is -0.376. The van der Waals surface area contributed by atoms with Gasteiger partial charge < -0.3 is 9.47 Å². The molecule has 1 atom stereocenters. The molecule has 0 spiro atoms. The molecule has 0 aliphatic heterocycles. The minimum Gasteiger partial charge on any atom is -0.462 e. The van der Waals surface area contributed by atoms with Gasteiger partial charge in [0, 0.05) is 0 Å². The highest BCUT2D eigenvalue weighted by atomic mass is 16.5. The van der Waals surface area contributed by atoms with Crippen LogP contribution in [0.25, 0.3) is 0 Å². The van der Waals surface area contributed by atoms with Crippen LogP contribution < -0.4 is 0 Å². The molecule has 4 nitrogen and oxygen atoms in total. The van der Waals surface area contributed by atoms with Gasteiger partial charge in [0.05, 0.1) is 24.3 Å². The lowest BCUT2D eigenvalue weighted by molar-refractivity contribution is 0.0428. The Morgan fingerprint density at radius 2 is 1.47 bits per heavy atom. The zero-order valence-corrected chi connectivity index (χ0v) is 19.6. The second-order valence-corrected chi connectivity index (χ2v) is 8.68. The fourth-order valence-corrected chi connectivity index (χ4v) is 3.38. The van der Waals surface area contributed by atoms with Gasteiger partial charge in [-0.3, -0.25) is 0 Å². The van der Waals surface area contributed by atoms with E-state index in [1.807, 2.05) is 0 Å². The largest absolute Gasteiger partial charge is 0.462 e. The molecular weight excluding hydrogens is 376 g/mol. The molecule has 0 N–H and O–H groups in total. The van der Waals surface area contributed by atoms with Crippen molar-refractivity contribution in [3.05, 3.63) is 35.4 Å². The molecule has 4 heteroatoms. The Bertz CT molecular complexity index is 609. The van der Waals surface area contributed by atoms with Crippen molar-refractivity contribution >= 4 is 11.9 Å². The third kappa shape index (κ3) is 11.4. The zero-order chi connectivity index (χ0) is 22.2. The van der Waals surface area contributed by atoms with E-state index in [9.17, 15) is 9.59 Å². The fraction of sp³-hybridized carbons (Fsp3) is 0.692. The first kappa shape index (κ1) is 26.2. The van der Waals surface area contributed by atoms with Gasteiger partial charge in [0.25, 0.3) is 0 Å². The van der Waals surface area contributed by atoms with Crippen LogP contribution in [0.15, 0.2) is 24.3 Å². The average Bonchev–Trinajstić information content (AvgIpc) is 2.75. The van der Waals surface area contributed by atoms with Crippen molar-refractivity contribution in [1.82, 2.24) is 0 Å². The van der Waals surface area contributed by atoms with E-state index in [2.05, 4.69) is 27.7 Å². The second kappa shape index (κ2) is 15.9. The van der Waals surface area contributed by atoms with Crippen molar-refractivity contribution in [2.45, 2.75) is 91.9 Å². The van der Waals surface area contributed by atoms with Gasteiger partial charge in [0.2, 0.25) is 0 Å². The van der Waals surface area contributed by atoms with Crippen molar-refractivity contribution in [3.8, 4) is 0 Å². The SMILES string of the molecule is CCCCC(CC)COC(=O)c1cccc(C(=O)OCCCCCCCC(C)C)c1. The molecule has 0 saturated heterocycles. The summed E-state index contributed by atoms with van der Waals surface area (Å²) in [6.45, 7) is 9.65. The Hall–Kier alpha value is -1.84. The van der Waals surface area contributed by atoms with Crippen molar-refractivity contribution < 1.29 is 19.1 Å². The van der Waals surface area contributed by atoms with Crippen LogP contribution in [0.3, 0.4) is 0 Å². The topological polar surface area (TPSA) is 52.6 Å². The summed E-state index contributed by atoms with van der Waals surface area (Å²) in [7, 11) is 0. The maximum absolute atomic E-state index is 12.4. The molecule has 0 bridgehead atoms. The lowest BCUT2D eigenvalue weighted by Crippen LogP contribution is -2.15. The monoisotopic (exact) mass is 418 g/mol. The predicted octanol–water partition coefficient (Wildman–Crippen LogP) is 7.21. The molecule has 0 fully saturated rings. The summed E-state index contributed by atoms with van der Waals surface area (Å²) in [5, 5.41) is 0. The number of benzene rings is 1. The molecule has 0 amide bonds. The second-order valence-electron chi connectivity index (χ2n) is 8.68. The van der Waals surface area contributed by atoms with E-state index in [1.54, 1.807) is 24.3 Å². The number of hydrogen-bond donors (Lipinski definition) is 0. The first-order valence-electron chi connectivity index (χ1n) is 11.9. The summed E-state index contributed by atoms with van der Waals surface area (Å²) >= 11 is 0. The van der Waals surface area contributed by atoms with Gasteiger partial charge in [0.1, 0.15) is 0 Å². The highest BCUT2D eigenvalue weighted by Crippen LogP contribution is 2.15. The Morgan fingerprint density at radius 1 is 0.833 bits per heavy atom. The van der Waals surface area contributed by atoms with Crippen molar-refractivity contribution in [3.63, 3.8) is 0 Å². The van der Waals surface area contributed by atoms with Gasteiger partial charge >= 0.3 is 11.9 Å². The number of carbonyl (C=O) groups excluding carboxylic acids is 2. The molecule has 0 radical (unpaired) electrons. The van der Waals surface area contributed by atoms with Crippen molar-refractivity contribution in [2.75, 3.05) is 13.2 Å². The van der Waals surface area contributed by atoms with E-state index < -0.39 is 0 Å². The van der Waals surface area contributed by atoms with Gasteiger partial charge in [-0.25, -0.2) is 9.59 Å². The summed E-state index contributed by atoms with van der Waals surface area (Å²) in [5.41, 5.74) is 0.805. The summed E-state index contributed by atoms with van der Waals surface area (Å²) in [6, 6.07) is 6.64. The molecule has 0 aliphatic carbocycles. The number of rotatable bonds is 16. The Morgan fingerprint density at radius 3 is 2.10 bits per heavy atom. The van der Waals surface area contributed by atoms with Crippen molar-refractivity contribution in [1.29, 1.82) is 0 Å². The molecule has 0 saturated carbocycles. The summed E-state index contributed by atoms with van der Waals surface area (Å²) in [6.07, 6.45) is 11.3. The van der Waals surface area contributed by atoms with E-state index in [0.717, 1.165) is 44.4 Å². The zero-order valence-electron chi connectivity index (χ0n) is 19.6. The van der Waals surface area contributed by atoms with E-state index in [-0.39, 0.29) is 11.9 Å². The number of ether oxygens (including phenoxy) is 2. The van der Waals surface area contributed by atoms with E-state index >= 15 is 0 Å². The molecule has 0 aliphatic rings. The minimum absolute atomic E-state index is 0.374. The van der Waals surface area contributed by atoms with Crippen LogP contribution in [0.1, 0.15) is 113 Å². The van der Waals surface area contributed by atoms with Gasteiger partial charge in [-0.15, -0.1) is 0 Å². The van der Waals surface area contributed by atoms with Crippen LogP contribution in [0, 0.1) is 11.8 Å². The third-order valence-corrected chi connectivity index (χ3v) is 5.49. The van der Waals surface area contributed by atoms with E-state index in [4.69, 9.17) is 9.47 Å². The molecule has 1 unspecified atom stereocenters. The quantitative estimate of drug-likeness (QED) is 0.210. The van der Waals surface area contributed by atoms with Crippen LogP contribution in [0.5, 0.6) is 0 Å². The smallest absolute Gasteiger partial charge is 0.338 e. The molecule has 170 valence electrons. The van der Waals surface area contributed by atoms with E-state index in [0.29, 0.717) is 30.3 Å². The highest BCUT2D eigenvalue weighted by molar-refractivity contribution is 5.95. The maximum atomic E-state index is 12.4. The van der Waals surface area contributed by atoms with Crippen LogP contribution >= 0.6 is 0 Å².